The van der Waals surface area contributed by atoms with Crippen LogP contribution in [0.1, 0.15) is 57.2 Å². The second kappa shape index (κ2) is 9.99. The summed E-state index contributed by atoms with van der Waals surface area (Å²) in [4.78, 5) is 48.5. The van der Waals surface area contributed by atoms with E-state index in [1.165, 1.54) is 6.20 Å². The Morgan fingerprint density at radius 1 is 1.14 bits per heavy atom. The number of thiazole rings is 1. The number of anilines is 2. The highest BCUT2D eigenvalue weighted by Crippen LogP contribution is 2.35. The minimum Gasteiger partial charge on any atom is -0.444 e. The molecule has 0 aliphatic carbocycles. The molecule has 35 heavy (non-hydrogen) atoms. The third-order valence-electron chi connectivity index (χ3n) is 5.66. The first-order valence-electron chi connectivity index (χ1n) is 11.5. The maximum Gasteiger partial charge on any atom is 0.413 e. The largest absolute Gasteiger partial charge is 0.444 e. The number of nitrogens with one attached hydrogen (secondary N) is 2. The molecule has 2 N–H and O–H groups in total. The topological polar surface area (TPSA) is 114 Å². The lowest BCUT2D eigenvalue weighted by Crippen LogP contribution is -2.44. The van der Waals surface area contributed by atoms with Gasteiger partial charge >= 0.3 is 17.9 Å². The highest BCUT2D eigenvalue weighted by molar-refractivity contribution is 7.16. The van der Waals surface area contributed by atoms with E-state index in [1.807, 2.05) is 18.2 Å². The van der Waals surface area contributed by atoms with Gasteiger partial charge < -0.3 is 15.0 Å². The van der Waals surface area contributed by atoms with E-state index in [2.05, 4.69) is 20.6 Å². The summed E-state index contributed by atoms with van der Waals surface area (Å²) in [5.41, 5.74) is 4.00. The predicted molar refractivity (Wildman–Crippen MR) is 135 cm³/mol. The number of para-hydroxylation sites is 1. The van der Waals surface area contributed by atoms with Crippen molar-refractivity contribution < 1.29 is 19.1 Å². The van der Waals surface area contributed by atoms with Crippen molar-refractivity contribution in [3.63, 3.8) is 0 Å². The fourth-order valence-corrected chi connectivity index (χ4v) is 4.88. The minimum absolute atomic E-state index is 0.201. The first-order valence-corrected chi connectivity index (χ1v) is 12.4. The quantitative estimate of drug-likeness (QED) is 0.492. The molecule has 1 fully saturated rings. The summed E-state index contributed by atoms with van der Waals surface area (Å²) in [6.07, 6.45) is 3.38. The molecule has 1 unspecified atom stereocenters. The highest BCUT2D eigenvalue weighted by atomic mass is 32.1. The van der Waals surface area contributed by atoms with Crippen molar-refractivity contribution in [3.8, 4) is 0 Å². The normalized spacial score (nSPS) is 16.1. The Morgan fingerprint density at radius 2 is 1.94 bits per heavy atom. The van der Waals surface area contributed by atoms with Crippen molar-refractivity contribution in [3.05, 3.63) is 47.1 Å². The summed E-state index contributed by atoms with van der Waals surface area (Å²) >= 11 is 1.56. The molecule has 3 aromatic rings. The summed E-state index contributed by atoms with van der Waals surface area (Å²) in [6.45, 7) is 7.56. The molecule has 1 atom stereocenters. The molecule has 0 bridgehead atoms. The Hall–Kier alpha value is -3.53. The zero-order chi connectivity index (χ0) is 25.2. The number of carbonyl (C=O) groups excluding carboxylic acids is 3. The van der Waals surface area contributed by atoms with Crippen LogP contribution in [0.3, 0.4) is 0 Å². The van der Waals surface area contributed by atoms with Crippen molar-refractivity contribution in [1.82, 2.24) is 14.9 Å². The van der Waals surface area contributed by atoms with Gasteiger partial charge in [0, 0.05) is 12.1 Å². The van der Waals surface area contributed by atoms with Crippen molar-refractivity contribution in [1.29, 1.82) is 0 Å². The summed E-state index contributed by atoms with van der Waals surface area (Å²) in [5.74, 6) is -0.997. The fraction of sp³-hybridized carbons (Fsp3) is 0.400. The summed E-state index contributed by atoms with van der Waals surface area (Å²) in [6, 6.07) is 7.41. The summed E-state index contributed by atoms with van der Waals surface area (Å²) in [7, 11) is 0. The molecule has 0 radical (unpaired) electrons. The maximum atomic E-state index is 13.2. The Balaban J connectivity index is 1.46. The molecule has 1 aliphatic rings. The molecule has 1 aromatic carbocycles. The Labute approximate surface area is 207 Å². The Bertz CT molecular complexity index is 1270. The predicted octanol–water partition coefficient (Wildman–Crippen LogP) is 5.04. The van der Waals surface area contributed by atoms with E-state index >= 15 is 0 Å². The number of aromatic nitrogens is 2. The van der Waals surface area contributed by atoms with Crippen LogP contribution in [0.5, 0.6) is 0 Å². The molecule has 9 nitrogen and oxygen atoms in total. The van der Waals surface area contributed by atoms with Crippen LogP contribution in [0.2, 0.25) is 0 Å². The van der Waals surface area contributed by atoms with Crippen molar-refractivity contribution >= 4 is 51.0 Å². The van der Waals surface area contributed by atoms with Crippen molar-refractivity contribution in [2.24, 2.45) is 0 Å². The van der Waals surface area contributed by atoms with Crippen LogP contribution in [-0.2, 0) is 14.3 Å². The van der Waals surface area contributed by atoms with Gasteiger partial charge in [0.2, 0.25) is 0 Å². The number of hydrogen-bond acceptors (Lipinski definition) is 7. The number of hydrogen-bond donors (Lipinski definition) is 2. The molecule has 1 aliphatic heterocycles. The molecule has 10 heteroatoms. The second-order valence-corrected chi connectivity index (χ2v) is 10.4. The van der Waals surface area contributed by atoms with E-state index in [4.69, 9.17) is 4.74 Å². The van der Waals surface area contributed by atoms with E-state index in [1.54, 1.807) is 55.5 Å². The van der Waals surface area contributed by atoms with Crippen LogP contribution in [0.4, 0.5) is 16.3 Å². The number of likely N-dealkylation sites (tertiary alicyclic amines) is 1. The minimum atomic E-state index is -0.726. The summed E-state index contributed by atoms with van der Waals surface area (Å²) < 4.78 is 6.31. The zero-order valence-corrected chi connectivity index (χ0v) is 21.1. The van der Waals surface area contributed by atoms with Crippen molar-refractivity contribution in [2.75, 3.05) is 17.2 Å². The van der Waals surface area contributed by atoms with E-state index in [-0.39, 0.29) is 6.04 Å². The number of pyridine rings is 1. The SMILES string of the molecule is Cc1cc(NC(=O)C(=O)N2CCCCC2c2cccc3scnc23)cnc1NC(=O)OC(C)(C)C. The number of amides is 3. The van der Waals surface area contributed by atoms with Gasteiger partial charge in [-0.15, -0.1) is 11.3 Å². The van der Waals surface area contributed by atoms with Gasteiger partial charge in [-0.25, -0.2) is 14.8 Å². The Kier molecular flexibility index (Phi) is 7.02. The van der Waals surface area contributed by atoms with Gasteiger partial charge in [-0.1, -0.05) is 12.1 Å². The van der Waals surface area contributed by atoms with Gasteiger partial charge in [-0.05, 0) is 64.7 Å². The summed E-state index contributed by atoms with van der Waals surface area (Å²) in [5, 5.41) is 5.25. The maximum absolute atomic E-state index is 13.2. The molecule has 3 heterocycles. The van der Waals surface area contributed by atoms with E-state index < -0.39 is 23.5 Å². The van der Waals surface area contributed by atoms with E-state index in [0.29, 0.717) is 23.6 Å². The number of carbonyl (C=O) groups is 3. The third kappa shape index (κ3) is 5.76. The number of aryl methyl sites for hydroxylation is 1. The molecular weight excluding hydrogens is 466 g/mol. The lowest BCUT2D eigenvalue weighted by atomic mass is 9.94. The average molecular weight is 496 g/mol. The van der Waals surface area contributed by atoms with E-state index in [0.717, 1.165) is 35.0 Å². The number of nitrogens with zero attached hydrogens (tertiary/aromatic N) is 3. The first-order chi connectivity index (χ1) is 16.6. The van der Waals surface area contributed by atoms with Gasteiger partial charge in [0.05, 0.1) is 33.7 Å². The van der Waals surface area contributed by atoms with Crippen molar-refractivity contribution in [2.45, 2.75) is 58.6 Å². The van der Waals surface area contributed by atoms with Gasteiger partial charge in [0.25, 0.3) is 0 Å². The van der Waals surface area contributed by atoms with Crippen LogP contribution in [-0.4, -0.2) is 44.9 Å². The first kappa shape index (κ1) is 24.6. The molecular formula is C25H29N5O4S. The molecule has 2 aromatic heterocycles. The number of benzene rings is 1. The highest BCUT2D eigenvalue weighted by Gasteiger charge is 2.33. The smallest absolute Gasteiger partial charge is 0.413 e. The monoisotopic (exact) mass is 495 g/mol. The third-order valence-corrected chi connectivity index (χ3v) is 6.46. The van der Waals surface area contributed by atoms with Crippen LogP contribution in [0.15, 0.2) is 36.0 Å². The van der Waals surface area contributed by atoms with Crippen LogP contribution < -0.4 is 10.6 Å². The average Bonchev–Trinajstić information content (AvgIpc) is 3.28. The number of rotatable bonds is 3. The molecule has 184 valence electrons. The molecule has 1 saturated heterocycles. The molecule has 3 amide bonds. The van der Waals surface area contributed by atoms with Gasteiger partial charge in [-0.3, -0.25) is 14.9 Å². The lowest BCUT2D eigenvalue weighted by molar-refractivity contribution is -0.145. The number of ether oxygens (including phenoxy) is 1. The standard InChI is InChI=1S/C25H29N5O4S/c1-15-12-16(13-26-21(15)29-24(33)34-25(2,3)4)28-22(31)23(32)30-11-6-5-9-18(30)17-8-7-10-19-20(17)27-14-35-19/h7-8,10,12-14,18H,5-6,9,11H2,1-4H3,(H,28,31)(H,26,29,33). The molecule has 0 saturated carbocycles. The van der Waals surface area contributed by atoms with Crippen LogP contribution in [0, 0.1) is 6.92 Å². The number of fused-ring (bicyclic) bond motifs is 1. The van der Waals surface area contributed by atoms with Gasteiger partial charge in [-0.2, -0.15) is 0 Å². The van der Waals surface area contributed by atoms with E-state index in [9.17, 15) is 14.4 Å². The zero-order valence-electron chi connectivity index (χ0n) is 20.3. The molecule has 0 spiro atoms. The number of piperidine rings is 1. The van der Waals surface area contributed by atoms with Crippen LogP contribution in [0.25, 0.3) is 10.2 Å². The fourth-order valence-electron chi connectivity index (χ4n) is 4.16. The van der Waals surface area contributed by atoms with Crippen LogP contribution >= 0.6 is 11.3 Å². The lowest BCUT2D eigenvalue weighted by Gasteiger charge is -2.35. The molecule has 4 rings (SSSR count). The Morgan fingerprint density at radius 3 is 2.69 bits per heavy atom. The van der Waals surface area contributed by atoms with Gasteiger partial charge in [0.1, 0.15) is 11.4 Å². The van der Waals surface area contributed by atoms with Gasteiger partial charge in [0.15, 0.2) is 0 Å². The second-order valence-electron chi connectivity index (χ2n) is 9.53.